The summed E-state index contributed by atoms with van der Waals surface area (Å²) >= 11 is 6.31. The molecule has 0 amide bonds. The van der Waals surface area contributed by atoms with Crippen LogP contribution in [0.25, 0.3) is 21.5 Å². The maximum absolute atomic E-state index is 12.6. The monoisotopic (exact) mass is 934 g/mol. The van der Waals surface area contributed by atoms with Gasteiger partial charge in [-0.25, -0.2) is 0 Å². The summed E-state index contributed by atoms with van der Waals surface area (Å²) < 4.78 is 139. The van der Waals surface area contributed by atoms with E-state index in [0.717, 1.165) is 35.9 Å². The molecule has 1 heterocycles. The number of hydrogen-bond donors (Lipinski definition) is 11. The molecule has 0 saturated carbocycles. The number of quaternary nitrogens is 1. The number of para-hydroxylation sites is 1. The van der Waals surface area contributed by atoms with E-state index in [0.29, 0.717) is 17.8 Å². The van der Waals surface area contributed by atoms with Crippen molar-refractivity contribution in [2.45, 2.75) is 26.5 Å². The van der Waals surface area contributed by atoms with E-state index >= 15 is 0 Å². The van der Waals surface area contributed by atoms with Gasteiger partial charge in [-0.1, -0.05) is 30.3 Å². The summed E-state index contributed by atoms with van der Waals surface area (Å²) in [6, 6.07) is 12.6. The van der Waals surface area contributed by atoms with E-state index in [9.17, 15) is 62.1 Å². The van der Waals surface area contributed by atoms with E-state index in [2.05, 4.69) is 30.5 Å². The predicted molar refractivity (Wildman–Crippen MR) is 194 cm³/mol. The van der Waals surface area contributed by atoms with E-state index < -0.39 is 104 Å². The summed E-state index contributed by atoms with van der Waals surface area (Å²) in [4.78, 5) is 4.56. The second-order valence-electron chi connectivity index (χ2n) is 11.8. The van der Waals surface area contributed by atoms with Crippen LogP contribution in [0.2, 0.25) is 0 Å². The van der Waals surface area contributed by atoms with Gasteiger partial charge in [0.25, 0.3) is 40.5 Å². The van der Waals surface area contributed by atoms with Crippen molar-refractivity contribution in [1.29, 1.82) is 0 Å². The Balaban J connectivity index is 0.00000620. The smallest absolute Gasteiger partial charge is 0.505 e. The second kappa shape index (κ2) is 15.4. The molecular weight excluding hydrogens is 910 g/mol. The van der Waals surface area contributed by atoms with Crippen molar-refractivity contribution in [1.82, 2.24) is 5.32 Å². The van der Waals surface area contributed by atoms with Crippen molar-refractivity contribution in [3.8, 4) is 11.5 Å². The first-order valence-corrected chi connectivity index (χ1v) is 21.3. The van der Waals surface area contributed by atoms with E-state index in [1.54, 1.807) is 18.2 Å². The minimum Gasteiger partial charge on any atom is -0.505 e. The molecule has 5 aromatic carbocycles. The molecule has 0 fully saturated rings. The normalized spacial score (nSPS) is 15.6. The number of nitrogens with two attached hydrogens (primary N) is 1. The summed E-state index contributed by atoms with van der Waals surface area (Å²) in [5.74, 6) is -2.09. The number of rotatable bonds is 8. The number of nitrogens with one attached hydrogen (secondary N) is 4. The van der Waals surface area contributed by atoms with Crippen molar-refractivity contribution in [2.75, 3.05) is 0 Å². The van der Waals surface area contributed by atoms with Gasteiger partial charge in [0.1, 0.15) is 31.7 Å². The predicted octanol–water partition coefficient (Wildman–Crippen LogP) is -2.21. The molecule has 0 aromatic heterocycles. The second-order valence-corrected chi connectivity index (χ2v) is 17.8. The Kier molecular flexibility index (Phi) is 11.7. The Morgan fingerprint density at radius 3 is 1.96 bits per heavy atom. The molecule has 5 aromatic rings. The van der Waals surface area contributed by atoms with Crippen molar-refractivity contribution < 1.29 is 99.5 Å². The Bertz CT molecular complexity index is 3140. The number of phenols is 2. The van der Waals surface area contributed by atoms with E-state index in [4.69, 9.17) is 11.6 Å². The van der Waals surface area contributed by atoms with Crippen LogP contribution in [0.15, 0.2) is 96.5 Å². The average molecular weight is 936 g/mol. The SMILES string of the molecule is Cc1ccccc1[NH+]=C1NC(=[NH+]c2cc(S(=O)(=O)O)cc3cc(S(=O)(=O)O)c(N=Nc4cc(S(=O)(=O)O)c5cccc(S(=O)(=O)O)c5c4O)c(O)c23)[NH2+]C(Cl)=[NH+]1.[Cu]. The number of benzene rings is 5. The van der Waals surface area contributed by atoms with Crippen LogP contribution in [-0.4, -0.2) is 79.3 Å². The number of fused-ring (bicyclic) bond motifs is 2. The third-order valence-electron chi connectivity index (χ3n) is 8.00. The molecule has 303 valence electrons. The van der Waals surface area contributed by atoms with Crippen LogP contribution < -0.4 is 25.6 Å². The van der Waals surface area contributed by atoms with Crippen molar-refractivity contribution in [3.05, 3.63) is 72.3 Å². The van der Waals surface area contributed by atoms with E-state index in [-0.39, 0.29) is 40.0 Å². The molecule has 27 heteroatoms. The van der Waals surface area contributed by atoms with Gasteiger partial charge >= 0.3 is 17.2 Å². The fraction of sp³-hybridized carbons (Fsp3) is 0.0333. The van der Waals surface area contributed by atoms with Crippen LogP contribution in [0.4, 0.5) is 22.7 Å². The molecule has 21 nitrogen and oxygen atoms in total. The zero-order valence-electron chi connectivity index (χ0n) is 28.1. The number of guanidine groups is 2. The van der Waals surface area contributed by atoms with Crippen LogP contribution in [0.1, 0.15) is 5.56 Å². The minimum atomic E-state index is -5.41. The fourth-order valence-electron chi connectivity index (χ4n) is 5.60. The van der Waals surface area contributed by atoms with Gasteiger partial charge in [-0.05, 0) is 42.6 Å². The Morgan fingerprint density at radius 1 is 0.702 bits per heavy atom. The topological polar surface area (TPSA) is 353 Å². The van der Waals surface area contributed by atoms with Crippen LogP contribution >= 0.6 is 11.6 Å². The minimum absolute atomic E-state index is 0. The Hall–Kier alpha value is -4.96. The van der Waals surface area contributed by atoms with Gasteiger partial charge in [-0.3, -0.25) is 18.2 Å². The molecule has 12 N–H and O–H groups in total. The van der Waals surface area contributed by atoms with Crippen LogP contribution in [0.3, 0.4) is 0 Å². The van der Waals surface area contributed by atoms with Crippen molar-refractivity contribution in [3.63, 3.8) is 0 Å². The van der Waals surface area contributed by atoms with Crippen LogP contribution in [0, 0.1) is 6.92 Å². The largest absolute Gasteiger partial charge is 0.512 e. The van der Waals surface area contributed by atoms with E-state index in [1.807, 2.05) is 13.0 Å². The average Bonchev–Trinajstić information content (AvgIpc) is 3.07. The Labute approximate surface area is 337 Å². The zero-order chi connectivity index (χ0) is 41.1. The summed E-state index contributed by atoms with van der Waals surface area (Å²) in [5, 5.41) is 31.8. The van der Waals surface area contributed by atoms with Crippen molar-refractivity contribution in [2.24, 2.45) is 10.2 Å². The first kappa shape index (κ1) is 43.2. The summed E-state index contributed by atoms with van der Waals surface area (Å²) in [6.07, 6.45) is 0. The number of phenolic OH excluding ortho intramolecular Hbond substituents is 2. The molecule has 0 atom stereocenters. The number of hydrogen-bond acceptors (Lipinski definition) is 12. The maximum atomic E-state index is 12.6. The molecule has 0 bridgehead atoms. The zero-order valence-corrected chi connectivity index (χ0v) is 33.0. The molecule has 1 radical (unpaired) electrons. The standard InChI is InChI=1S/C30H22ClN7O14S4.Cu/c1-13-5-2-3-7-17(13)32-29-34-28(31)35-30(36-29)33-18-11-15(53(41,42)43)9-14-10-22(56(50,51)52)25(27(40)23(14)18)38-37-19-12-21(55(47,48)49)16-6-4-8-20(54(44,45)46)24(16)26(19)39;/h2-12,39-40H,1H3,(H,41,42,43)(H,44,45,46)(H,47,48,49)(H,50,51,52)(H2,32,33,34,35,36);/p+4. The van der Waals surface area contributed by atoms with Crippen LogP contribution in [-0.2, 0) is 57.5 Å². The number of aromatic hydroxyl groups is 2. The quantitative estimate of drug-likeness (QED) is 0.0340. The van der Waals surface area contributed by atoms with Gasteiger partial charge in [0.05, 0.1) is 10.3 Å². The number of halogens is 1. The Morgan fingerprint density at radius 2 is 1.35 bits per heavy atom. The summed E-state index contributed by atoms with van der Waals surface area (Å²) in [6.45, 7) is 1.82. The third kappa shape index (κ3) is 8.96. The molecular formula is C30H26ClCuN7O14S4+4. The number of aryl methyl sites for hydroxylation is 1. The number of azo groups is 1. The summed E-state index contributed by atoms with van der Waals surface area (Å²) in [5.41, 5.74) is -0.925. The number of amidine groups is 1. The molecule has 6 rings (SSSR count). The van der Waals surface area contributed by atoms with Gasteiger partial charge in [0, 0.05) is 51.1 Å². The van der Waals surface area contributed by atoms with Gasteiger partial charge in [-0.15, -0.1) is 20.5 Å². The maximum Gasteiger partial charge on any atom is 0.512 e. The molecule has 57 heavy (non-hydrogen) atoms. The molecule has 1 aliphatic heterocycles. The molecule has 0 spiro atoms. The summed E-state index contributed by atoms with van der Waals surface area (Å²) in [7, 11) is -20.8. The first-order chi connectivity index (χ1) is 25.9. The first-order valence-electron chi connectivity index (χ1n) is 15.1. The molecule has 0 aliphatic carbocycles. The van der Waals surface area contributed by atoms with E-state index in [1.165, 1.54) is 5.32 Å². The molecule has 1 aliphatic rings. The van der Waals surface area contributed by atoms with Gasteiger partial charge in [0.15, 0.2) is 17.2 Å². The fourth-order valence-corrected chi connectivity index (χ4v) is 8.42. The molecule has 0 saturated heterocycles. The van der Waals surface area contributed by atoms with Gasteiger partial charge in [0.2, 0.25) is 0 Å². The van der Waals surface area contributed by atoms with Gasteiger partial charge in [-0.2, -0.15) is 49.0 Å². The third-order valence-corrected chi connectivity index (χ3v) is 11.7. The van der Waals surface area contributed by atoms with Crippen molar-refractivity contribution >= 4 is 114 Å². The van der Waals surface area contributed by atoms with Gasteiger partial charge < -0.3 is 10.2 Å². The van der Waals surface area contributed by atoms with Crippen LogP contribution in [0.5, 0.6) is 11.5 Å². The number of nitrogens with zero attached hydrogens (tertiary/aromatic N) is 2. The molecule has 0 unspecified atom stereocenters.